The molecule has 1 saturated heterocycles. The molecule has 2 rings (SSSR count). The number of hydrogen-bond donors (Lipinski definition) is 0. The quantitative estimate of drug-likeness (QED) is 0.790. The van der Waals surface area contributed by atoms with E-state index in [1.54, 1.807) is 38.2 Å². The van der Waals surface area contributed by atoms with Gasteiger partial charge in [-0.05, 0) is 31.9 Å². The first kappa shape index (κ1) is 16.3. The van der Waals surface area contributed by atoms with Gasteiger partial charge < -0.3 is 14.5 Å². The van der Waals surface area contributed by atoms with Gasteiger partial charge in [-0.15, -0.1) is 0 Å². The van der Waals surface area contributed by atoms with Gasteiger partial charge in [-0.25, -0.2) is 9.78 Å². The minimum absolute atomic E-state index is 0.102. The minimum atomic E-state index is -0.350. The fourth-order valence-electron chi connectivity index (χ4n) is 2.63. The molecule has 0 unspecified atom stereocenters. The number of carbonyl (C=O) groups is 2. The van der Waals surface area contributed by atoms with Crippen molar-refractivity contribution in [2.24, 2.45) is 5.92 Å². The van der Waals surface area contributed by atoms with Crippen LogP contribution in [0.2, 0.25) is 0 Å². The van der Waals surface area contributed by atoms with Crippen molar-refractivity contribution in [3.63, 3.8) is 0 Å². The van der Waals surface area contributed by atoms with Gasteiger partial charge in [0.05, 0.1) is 12.2 Å². The summed E-state index contributed by atoms with van der Waals surface area (Å²) in [5.74, 6) is 0.788. The summed E-state index contributed by atoms with van der Waals surface area (Å²) in [6.45, 7) is 3.73. The molecule has 1 aromatic rings. The summed E-state index contributed by atoms with van der Waals surface area (Å²) in [5, 5.41) is 0. The monoisotopic (exact) mass is 305 g/mol. The van der Waals surface area contributed by atoms with Crippen molar-refractivity contribution in [1.82, 2.24) is 9.88 Å². The Bertz CT molecular complexity index is 520. The zero-order chi connectivity index (χ0) is 16.1. The fourth-order valence-corrected chi connectivity index (χ4v) is 2.63. The zero-order valence-electron chi connectivity index (χ0n) is 13.4. The summed E-state index contributed by atoms with van der Waals surface area (Å²) >= 11 is 0. The van der Waals surface area contributed by atoms with E-state index >= 15 is 0 Å². The van der Waals surface area contributed by atoms with Gasteiger partial charge in [-0.2, -0.15) is 0 Å². The average molecular weight is 305 g/mol. The van der Waals surface area contributed by atoms with Crippen LogP contribution in [0.4, 0.5) is 5.82 Å². The first-order valence-corrected chi connectivity index (χ1v) is 7.62. The molecule has 0 N–H and O–H groups in total. The van der Waals surface area contributed by atoms with Crippen LogP contribution in [0.5, 0.6) is 0 Å². The number of ether oxygens (including phenoxy) is 1. The van der Waals surface area contributed by atoms with Gasteiger partial charge in [-0.3, -0.25) is 4.79 Å². The van der Waals surface area contributed by atoms with Gasteiger partial charge >= 0.3 is 5.97 Å². The Balaban J connectivity index is 1.94. The van der Waals surface area contributed by atoms with E-state index in [4.69, 9.17) is 4.74 Å². The van der Waals surface area contributed by atoms with E-state index in [2.05, 4.69) is 9.88 Å². The standard InChI is InChI=1S/C16H23N3O3/c1-4-22-16(21)13-5-6-14(17-11-13)19-9-7-12(8-10-19)15(20)18(2)3/h5-6,11-12H,4,7-10H2,1-3H3. The lowest BCUT2D eigenvalue weighted by Crippen LogP contribution is -2.40. The Morgan fingerprint density at radius 1 is 1.32 bits per heavy atom. The van der Waals surface area contributed by atoms with E-state index in [0.717, 1.165) is 31.7 Å². The Labute approximate surface area is 131 Å². The zero-order valence-corrected chi connectivity index (χ0v) is 13.4. The molecule has 1 amide bonds. The lowest BCUT2D eigenvalue weighted by atomic mass is 9.95. The normalized spacial score (nSPS) is 15.5. The highest BCUT2D eigenvalue weighted by atomic mass is 16.5. The molecule has 0 bridgehead atoms. The van der Waals surface area contributed by atoms with Crippen molar-refractivity contribution in [3.05, 3.63) is 23.9 Å². The molecule has 0 saturated carbocycles. The van der Waals surface area contributed by atoms with Crippen molar-refractivity contribution in [2.75, 3.05) is 38.7 Å². The molecule has 0 atom stereocenters. The first-order valence-electron chi connectivity index (χ1n) is 7.62. The molecule has 1 aliphatic rings. The molecule has 120 valence electrons. The third-order valence-electron chi connectivity index (χ3n) is 3.87. The van der Waals surface area contributed by atoms with Gasteiger partial charge in [0.25, 0.3) is 0 Å². The fraction of sp³-hybridized carbons (Fsp3) is 0.562. The molecule has 0 spiro atoms. The number of aromatic nitrogens is 1. The third-order valence-corrected chi connectivity index (χ3v) is 3.87. The predicted molar refractivity (Wildman–Crippen MR) is 83.8 cm³/mol. The van der Waals surface area contributed by atoms with Crippen LogP contribution < -0.4 is 4.90 Å². The van der Waals surface area contributed by atoms with Crippen LogP contribution >= 0.6 is 0 Å². The number of anilines is 1. The third kappa shape index (κ3) is 3.75. The van der Waals surface area contributed by atoms with Crippen LogP contribution in [0.15, 0.2) is 18.3 Å². The lowest BCUT2D eigenvalue weighted by molar-refractivity contribution is -0.133. The van der Waals surface area contributed by atoms with Crippen LogP contribution in [0, 0.1) is 5.92 Å². The number of carbonyl (C=O) groups excluding carboxylic acids is 2. The number of esters is 1. The molecule has 0 aliphatic carbocycles. The Morgan fingerprint density at radius 3 is 2.50 bits per heavy atom. The maximum atomic E-state index is 12.0. The summed E-state index contributed by atoms with van der Waals surface area (Å²) in [6.07, 6.45) is 3.21. The molecular weight excluding hydrogens is 282 g/mol. The maximum Gasteiger partial charge on any atom is 0.339 e. The number of hydrogen-bond acceptors (Lipinski definition) is 5. The summed E-state index contributed by atoms with van der Waals surface area (Å²) < 4.78 is 4.94. The van der Waals surface area contributed by atoms with Gasteiger partial charge in [-0.1, -0.05) is 0 Å². The molecule has 6 nitrogen and oxygen atoms in total. The van der Waals surface area contributed by atoms with E-state index in [1.165, 1.54) is 0 Å². The van der Waals surface area contributed by atoms with Crippen LogP contribution in [0.1, 0.15) is 30.1 Å². The van der Waals surface area contributed by atoms with E-state index in [9.17, 15) is 9.59 Å². The predicted octanol–water partition coefficient (Wildman–Crippen LogP) is 1.56. The largest absolute Gasteiger partial charge is 0.462 e. The number of nitrogens with zero attached hydrogens (tertiary/aromatic N) is 3. The number of amides is 1. The SMILES string of the molecule is CCOC(=O)c1ccc(N2CCC(C(=O)N(C)C)CC2)nc1. The smallest absolute Gasteiger partial charge is 0.339 e. The van der Waals surface area contributed by atoms with Crippen LogP contribution in [0.25, 0.3) is 0 Å². The second-order valence-corrected chi connectivity index (χ2v) is 5.62. The molecule has 1 aliphatic heterocycles. The summed E-state index contributed by atoms with van der Waals surface area (Å²) in [4.78, 5) is 31.7. The molecule has 1 fully saturated rings. The van der Waals surface area contributed by atoms with Crippen molar-refractivity contribution < 1.29 is 14.3 Å². The van der Waals surface area contributed by atoms with E-state index in [1.807, 2.05) is 6.07 Å². The lowest BCUT2D eigenvalue weighted by Gasteiger charge is -2.33. The second-order valence-electron chi connectivity index (χ2n) is 5.62. The van der Waals surface area contributed by atoms with Gasteiger partial charge in [0.2, 0.25) is 5.91 Å². The highest BCUT2D eigenvalue weighted by Gasteiger charge is 2.26. The van der Waals surface area contributed by atoms with Crippen molar-refractivity contribution in [3.8, 4) is 0 Å². The summed E-state index contributed by atoms with van der Waals surface area (Å²) in [5.41, 5.74) is 0.461. The van der Waals surface area contributed by atoms with E-state index < -0.39 is 0 Å². The molecule has 22 heavy (non-hydrogen) atoms. The maximum absolute atomic E-state index is 12.0. The van der Waals surface area contributed by atoms with Gasteiger partial charge in [0.15, 0.2) is 0 Å². The Hall–Kier alpha value is -2.11. The first-order chi connectivity index (χ1) is 10.5. The second kappa shape index (κ2) is 7.24. The van der Waals surface area contributed by atoms with Crippen LogP contribution in [0.3, 0.4) is 0 Å². The minimum Gasteiger partial charge on any atom is -0.462 e. The van der Waals surface area contributed by atoms with Crippen molar-refractivity contribution in [2.45, 2.75) is 19.8 Å². The molecule has 0 aromatic carbocycles. The number of pyridine rings is 1. The Kier molecular flexibility index (Phi) is 5.35. The van der Waals surface area contributed by atoms with Crippen LogP contribution in [-0.2, 0) is 9.53 Å². The van der Waals surface area contributed by atoms with E-state index in [-0.39, 0.29) is 17.8 Å². The summed E-state index contributed by atoms with van der Waals surface area (Å²) in [6, 6.07) is 3.57. The van der Waals surface area contributed by atoms with Crippen LogP contribution in [-0.4, -0.2) is 55.6 Å². The average Bonchev–Trinajstić information content (AvgIpc) is 2.54. The Morgan fingerprint density at radius 2 is 2.00 bits per heavy atom. The van der Waals surface area contributed by atoms with Crippen molar-refractivity contribution in [1.29, 1.82) is 0 Å². The molecule has 2 heterocycles. The molecule has 6 heteroatoms. The van der Waals surface area contributed by atoms with Gasteiger partial charge in [0.1, 0.15) is 5.82 Å². The highest BCUT2D eigenvalue weighted by molar-refractivity contribution is 5.89. The van der Waals surface area contributed by atoms with Gasteiger partial charge in [0, 0.05) is 39.3 Å². The molecule has 1 aromatic heterocycles. The molecule has 0 radical (unpaired) electrons. The van der Waals surface area contributed by atoms with Crippen molar-refractivity contribution >= 4 is 17.7 Å². The highest BCUT2D eigenvalue weighted by Crippen LogP contribution is 2.23. The number of piperidine rings is 1. The topological polar surface area (TPSA) is 62.7 Å². The number of rotatable bonds is 4. The van der Waals surface area contributed by atoms with E-state index in [0.29, 0.717) is 12.2 Å². The summed E-state index contributed by atoms with van der Waals surface area (Å²) in [7, 11) is 3.59. The molecular formula is C16H23N3O3.